The summed E-state index contributed by atoms with van der Waals surface area (Å²) in [6.07, 6.45) is 17.8. The minimum absolute atomic E-state index is 0.146. The summed E-state index contributed by atoms with van der Waals surface area (Å²) >= 11 is 0. The average molecular weight is 470 g/mol. The van der Waals surface area contributed by atoms with Crippen LogP contribution in [0.25, 0.3) is 0 Å². The Balaban J connectivity index is 4.34. The third-order valence-electron chi connectivity index (χ3n) is 6.58. The topological polar surface area (TPSA) is 66.8 Å². The van der Waals surface area contributed by atoms with Crippen LogP contribution in [-0.2, 0) is 9.32 Å². The highest BCUT2D eigenvalue weighted by atomic mass is 28.4. The van der Waals surface area contributed by atoms with Gasteiger partial charge in [0.25, 0.3) is 0 Å². The Morgan fingerprint density at radius 3 is 1.78 bits per heavy atom. The second-order valence-electron chi connectivity index (χ2n) is 10.5. The molecule has 0 radical (unpaired) electrons. The fourth-order valence-electron chi connectivity index (χ4n) is 3.34. The molecule has 0 heterocycles. The zero-order valence-corrected chi connectivity index (χ0v) is 23.0. The van der Waals surface area contributed by atoms with Crippen LogP contribution in [0.2, 0.25) is 18.1 Å². The maximum atomic E-state index is 12.7. The van der Waals surface area contributed by atoms with Crippen LogP contribution in [0, 0.1) is 0 Å². The molecule has 1 atom stereocenters. The molecule has 0 aromatic heterocycles. The number of nitrogens with zero attached hydrogens (tertiary/aromatic N) is 1. The Hall–Kier alpha value is -1.14. The van der Waals surface area contributed by atoms with Crippen molar-refractivity contribution in [1.29, 1.82) is 0 Å². The molecule has 0 saturated heterocycles. The first-order valence-electron chi connectivity index (χ1n) is 12.9. The van der Waals surface area contributed by atoms with Gasteiger partial charge in [0.05, 0.1) is 0 Å². The first-order valence-corrected chi connectivity index (χ1v) is 15.8. The van der Waals surface area contributed by atoms with Gasteiger partial charge in [-0.1, -0.05) is 105 Å². The molecule has 0 rings (SSSR count). The van der Waals surface area contributed by atoms with Crippen molar-refractivity contribution in [3.05, 3.63) is 12.2 Å². The molecule has 0 fully saturated rings. The molecule has 0 spiro atoms. The average Bonchev–Trinajstić information content (AvgIpc) is 2.70. The first kappa shape index (κ1) is 30.9. The van der Waals surface area contributed by atoms with Gasteiger partial charge in [0.1, 0.15) is 6.04 Å². The van der Waals surface area contributed by atoms with Crippen LogP contribution in [0.3, 0.4) is 0 Å². The Morgan fingerprint density at radius 2 is 1.38 bits per heavy atom. The number of hydroxylamine groups is 2. The van der Waals surface area contributed by atoms with Crippen LogP contribution in [0.1, 0.15) is 118 Å². The van der Waals surface area contributed by atoms with Crippen molar-refractivity contribution < 1.29 is 19.2 Å². The highest BCUT2D eigenvalue weighted by Gasteiger charge is 2.43. The normalized spacial score (nSPS) is 13.5. The van der Waals surface area contributed by atoms with Crippen LogP contribution >= 0.6 is 0 Å². The third kappa shape index (κ3) is 12.8. The largest absolute Gasteiger partial charge is 0.463 e. The van der Waals surface area contributed by atoms with E-state index < -0.39 is 20.5 Å². The van der Waals surface area contributed by atoms with Crippen molar-refractivity contribution >= 4 is 20.2 Å². The van der Waals surface area contributed by atoms with Crippen LogP contribution in [0.15, 0.2) is 12.2 Å². The lowest BCUT2D eigenvalue weighted by Gasteiger charge is -2.40. The second-order valence-corrected chi connectivity index (χ2v) is 15.2. The number of allylic oxidation sites excluding steroid dienone is 1. The molecular formula is C26H51NO4Si. The van der Waals surface area contributed by atoms with Gasteiger partial charge in [-0.3, -0.25) is 4.79 Å². The summed E-state index contributed by atoms with van der Waals surface area (Å²) in [5.74, 6) is -0.198. The molecule has 1 amide bonds. The van der Waals surface area contributed by atoms with Gasteiger partial charge in [-0.2, -0.15) is 5.06 Å². The zero-order valence-electron chi connectivity index (χ0n) is 22.0. The summed E-state index contributed by atoms with van der Waals surface area (Å²) in [6.45, 7) is 14.2. The maximum Gasteiger partial charge on any atom is 0.431 e. The Labute approximate surface area is 199 Å². The first-order chi connectivity index (χ1) is 15.0. The molecule has 0 bridgehead atoms. The van der Waals surface area contributed by atoms with E-state index in [1.165, 1.54) is 64.2 Å². The van der Waals surface area contributed by atoms with Gasteiger partial charge >= 0.3 is 6.09 Å². The number of ketones is 1. The van der Waals surface area contributed by atoms with Crippen LogP contribution in [0.5, 0.6) is 0 Å². The van der Waals surface area contributed by atoms with E-state index >= 15 is 0 Å². The molecule has 6 heteroatoms. The molecule has 0 aliphatic heterocycles. The summed E-state index contributed by atoms with van der Waals surface area (Å²) in [4.78, 5) is 24.5. The van der Waals surface area contributed by atoms with Gasteiger partial charge in [0.15, 0.2) is 5.78 Å². The number of rotatable bonds is 18. The lowest BCUT2D eigenvalue weighted by Crippen LogP contribution is -2.53. The summed E-state index contributed by atoms with van der Waals surface area (Å²) < 4.78 is 5.97. The van der Waals surface area contributed by atoms with Gasteiger partial charge in [-0.05, 0) is 43.5 Å². The number of hydrogen-bond acceptors (Lipinski definition) is 3. The van der Waals surface area contributed by atoms with Gasteiger partial charge in [-0.15, -0.1) is 0 Å². The molecular weight excluding hydrogens is 418 g/mol. The van der Waals surface area contributed by atoms with E-state index in [4.69, 9.17) is 4.53 Å². The molecule has 32 heavy (non-hydrogen) atoms. The van der Waals surface area contributed by atoms with E-state index in [1.807, 2.05) is 26.1 Å². The second kappa shape index (κ2) is 16.5. The number of hydrogen-bond donors (Lipinski definition) is 1. The summed E-state index contributed by atoms with van der Waals surface area (Å²) in [6, 6.07) is -0.796. The number of carbonyl (C=O) groups excluding carboxylic acids is 1. The van der Waals surface area contributed by atoms with Crippen molar-refractivity contribution in [1.82, 2.24) is 5.06 Å². The molecule has 0 aromatic carbocycles. The van der Waals surface area contributed by atoms with Crippen molar-refractivity contribution in [3.8, 4) is 0 Å². The molecule has 0 aliphatic rings. The minimum Gasteiger partial charge on any atom is -0.463 e. The van der Waals surface area contributed by atoms with Crippen molar-refractivity contribution in [2.75, 3.05) is 0 Å². The maximum absolute atomic E-state index is 12.7. The SMILES string of the molecule is CCCCCCCCCCCCCC=CC(=O)[C@H](CC)N(O[Si](C)(C)C(C)(C)C)C(=O)O. The lowest BCUT2D eigenvalue weighted by atomic mass is 10.0. The summed E-state index contributed by atoms with van der Waals surface area (Å²) in [5.41, 5.74) is 0. The van der Waals surface area contributed by atoms with E-state index in [-0.39, 0.29) is 10.8 Å². The quantitative estimate of drug-likeness (QED) is 0.0945. The molecule has 1 N–H and O–H groups in total. The standard InChI is InChI=1S/C26H51NO4Si/c1-8-10-11-12-13-14-15-16-17-18-19-20-21-22-24(28)23(9-2)27(25(29)30)31-32(6,7)26(3,4)5/h21-23H,8-20H2,1-7H3,(H,29,30)/t23-/m0/s1. The van der Waals surface area contributed by atoms with Crippen LogP contribution in [0.4, 0.5) is 4.79 Å². The van der Waals surface area contributed by atoms with Gasteiger partial charge in [0.2, 0.25) is 8.32 Å². The lowest BCUT2D eigenvalue weighted by molar-refractivity contribution is -0.133. The van der Waals surface area contributed by atoms with Crippen molar-refractivity contribution in [3.63, 3.8) is 0 Å². The summed E-state index contributed by atoms with van der Waals surface area (Å²) in [7, 11) is -2.36. The van der Waals surface area contributed by atoms with E-state index in [1.54, 1.807) is 6.08 Å². The van der Waals surface area contributed by atoms with Crippen molar-refractivity contribution in [2.24, 2.45) is 0 Å². The van der Waals surface area contributed by atoms with Gasteiger partial charge in [-0.25, -0.2) is 4.79 Å². The minimum atomic E-state index is -2.36. The third-order valence-corrected chi connectivity index (χ3v) is 10.8. The van der Waals surface area contributed by atoms with Gasteiger partial charge in [0, 0.05) is 0 Å². The smallest absolute Gasteiger partial charge is 0.431 e. The summed E-state index contributed by atoms with van der Waals surface area (Å²) in [5, 5.41) is 10.4. The fraction of sp³-hybridized carbons (Fsp3) is 0.846. The number of carboxylic acid groups (broad SMARTS) is 1. The Morgan fingerprint density at radius 1 is 0.906 bits per heavy atom. The molecule has 188 valence electrons. The predicted molar refractivity (Wildman–Crippen MR) is 137 cm³/mol. The zero-order chi connectivity index (χ0) is 24.6. The van der Waals surface area contributed by atoms with Crippen LogP contribution in [-0.4, -0.2) is 36.4 Å². The van der Waals surface area contributed by atoms with E-state index in [0.717, 1.165) is 17.9 Å². The van der Waals surface area contributed by atoms with Crippen LogP contribution < -0.4 is 0 Å². The molecule has 0 saturated carbocycles. The highest BCUT2D eigenvalue weighted by Crippen LogP contribution is 2.37. The highest BCUT2D eigenvalue weighted by molar-refractivity contribution is 6.74. The fourth-order valence-corrected chi connectivity index (χ4v) is 4.31. The number of amides is 1. The molecule has 0 unspecified atom stereocenters. The Kier molecular flexibility index (Phi) is 15.9. The van der Waals surface area contributed by atoms with E-state index in [2.05, 4.69) is 27.7 Å². The van der Waals surface area contributed by atoms with E-state index in [9.17, 15) is 14.7 Å². The van der Waals surface area contributed by atoms with Gasteiger partial charge < -0.3 is 9.63 Å². The molecule has 0 aliphatic carbocycles. The predicted octanol–water partition coefficient (Wildman–Crippen LogP) is 8.51. The number of carbonyl (C=O) groups is 2. The van der Waals surface area contributed by atoms with Crippen molar-refractivity contribution in [2.45, 2.75) is 142 Å². The molecule has 0 aromatic rings. The monoisotopic (exact) mass is 469 g/mol. The Bertz CT molecular complexity index is 555. The number of unbranched alkanes of at least 4 members (excludes halogenated alkanes) is 11. The molecule has 5 nitrogen and oxygen atoms in total. The van der Waals surface area contributed by atoms with E-state index in [0.29, 0.717) is 6.42 Å².